The summed E-state index contributed by atoms with van der Waals surface area (Å²) < 4.78 is 5.95. The van der Waals surface area contributed by atoms with Crippen molar-refractivity contribution in [3.05, 3.63) is 35.0 Å². The summed E-state index contributed by atoms with van der Waals surface area (Å²) >= 11 is 0. The number of rotatable bonds is 5. The highest BCUT2D eigenvalue weighted by Crippen LogP contribution is 2.18. The van der Waals surface area contributed by atoms with Gasteiger partial charge in [0.1, 0.15) is 11.9 Å². The van der Waals surface area contributed by atoms with Crippen LogP contribution in [-0.2, 0) is 11.2 Å². The van der Waals surface area contributed by atoms with E-state index >= 15 is 0 Å². The summed E-state index contributed by atoms with van der Waals surface area (Å²) in [5.74, 6) is 1.44. The highest BCUT2D eigenvalue weighted by Gasteiger charge is 2.25. The summed E-state index contributed by atoms with van der Waals surface area (Å²) in [5.41, 5.74) is 3.17. The molecule has 0 aromatic carbocycles. The van der Waals surface area contributed by atoms with Crippen molar-refractivity contribution in [2.24, 2.45) is 0 Å². The van der Waals surface area contributed by atoms with E-state index in [0.29, 0.717) is 24.7 Å². The van der Waals surface area contributed by atoms with Crippen LogP contribution >= 0.6 is 0 Å². The van der Waals surface area contributed by atoms with E-state index in [1.165, 1.54) is 0 Å². The first-order chi connectivity index (χ1) is 12.0. The van der Waals surface area contributed by atoms with Crippen LogP contribution in [0.4, 0.5) is 0 Å². The summed E-state index contributed by atoms with van der Waals surface area (Å²) in [7, 11) is 0. The molecular formula is C18H25N5O2. The zero-order valence-electron chi connectivity index (χ0n) is 15.1. The Labute approximate surface area is 147 Å². The van der Waals surface area contributed by atoms with Crippen molar-refractivity contribution >= 4 is 5.91 Å². The Morgan fingerprint density at radius 3 is 2.96 bits per heavy atom. The number of ether oxygens (including phenoxy) is 1. The quantitative estimate of drug-likeness (QED) is 0.899. The lowest BCUT2D eigenvalue weighted by Crippen LogP contribution is -2.44. The van der Waals surface area contributed by atoms with Crippen molar-refractivity contribution in [1.29, 1.82) is 0 Å². The van der Waals surface area contributed by atoms with Gasteiger partial charge >= 0.3 is 0 Å². The van der Waals surface area contributed by atoms with Crippen LogP contribution in [-0.4, -0.2) is 50.2 Å². The predicted octanol–water partition coefficient (Wildman–Crippen LogP) is 2.13. The van der Waals surface area contributed by atoms with Crippen molar-refractivity contribution in [3.8, 4) is 5.88 Å². The highest BCUT2D eigenvalue weighted by molar-refractivity contribution is 5.76. The second-order valence-corrected chi connectivity index (χ2v) is 6.58. The molecule has 1 unspecified atom stereocenters. The van der Waals surface area contributed by atoms with Gasteiger partial charge in [0, 0.05) is 30.9 Å². The molecule has 2 aromatic rings. The lowest BCUT2D eigenvalue weighted by atomic mass is 10.0. The van der Waals surface area contributed by atoms with Gasteiger partial charge < -0.3 is 9.64 Å². The molecule has 0 saturated carbocycles. The SMILES string of the molecule is Cc1nccc(OC2CCCN(C(=O)CCc3c(C)n[nH]c3C)C2)n1. The molecule has 1 fully saturated rings. The summed E-state index contributed by atoms with van der Waals surface area (Å²) in [5, 5.41) is 7.16. The largest absolute Gasteiger partial charge is 0.472 e. The van der Waals surface area contributed by atoms with Gasteiger partial charge in [0.2, 0.25) is 11.8 Å². The fourth-order valence-electron chi connectivity index (χ4n) is 3.26. The first kappa shape index (κ1) is 17.4. The molecule has 25 heavy (non-hydrogen) atoms. The average Bonchev–Trinajstić information content (AvgIpc) is 2.91. The third-order valence-corrected chi connectivity index (χ3v) is 4.64. The van der Waals surface area contributed by atoms with Crippen LogP contribution in [0.2, 0.25) is 0 Å². The van der Waals surface area contributed by atoms with Gasteiger partial charge in [-0.2, -0.15) is 10.1 Å². The molecule has 1 N–H and O–H groups in total. The van der Waals surface area contributed by atoms with Gasteiger partial charge in [-0.1, -0.05) is 0 Å². The first-order valence-electron chi connectivity index (χ1n) is 8.77. The molecule has 0 bridgehead atoms. The molecular weight excluding hydrogens is 318 g/mol. The molecule has 1 amide bonds. The summed E-state index contributed by atoms with van der Waals surface area (Å²) in [6, 6.07) is 1.76. The topological polar surface area (TPSA) is 84.0 Å². The third kappa shape index (κ3) is 4.35. The van der Waals surface area contributed by atoms with E-state index in [1.807, 2.05) is 25.7 Å². The number of amides is 1. The number of hydrogen-bond donors (Lipinski definition) is 1. The van der Waals surface area contributed by atoms with E-state index in [0.717, 1.165) is 42.8 Å². The molecule has 3 rings (SSSR count). The van der Waals surface area contributed by atoms with Crippen LogP contribution < -0.4 is 4.74 Å². The maximum absolute atomic E-state index is 12.6. The standard InChI is InChI=1S/C18H25N5O2/c1-12-16(13(2)22-21-12)6-7-18(24)23-10-4-5-15(11-23)25-17-8-9-19-14(3)20-17/h8-9,15H,4-7,10-11H2,1-3H3,(H,21,22). The molecule has 1 saturated heterocycles. The summed E-state index contributed by atoms with van der Waals surface area (Å²) in [6.07, 6.45) is 4.79. The molecule has 0 aliphatic carbocycles. The van der Waals surface area contributed by atoms with Gasteiger partial charge in [0.05, 0.1) is 12.2 Å². The molecule has 134 valence electrons. The van der Waals surface area contributed by atoms with Crippen LogP contribution in [0.15, 0.2) is 12.3 Å². The normalized spacial score (nSPS) is 17.6. The summed E-state index contributed by atoms with van der Waals surface area (Å²) in [4.78, 5) is 22.8. The molecule has 2 aromatic heterocycles. The number of aryl methyl sites for hydroxylation is 3. The second-order valence-electron chi connectivity index (χ2n) is 6.58. The minimum Gasteiger partial charge on any atom is -0.472 e. The molecule has 1 atom stereocenters. The van der Waals surface area contributed by atoms with Crippen molar-refractivity contribution in [3.63, 3.8) is 0 Å². The molecule has 7 nitrogen and oxygen atoms in total. The van der Waals surface area contributed by atoms with Crippen LogP contribution in [0.25, 0.3) is 0 Å². The Hall–Kier alpha value is -2.44. The number of likely N-dealkylation sites (tertiary alicyclic amines) is 1. The van der Waals surface area contributed by atoms with Gasteiger partial charge in [-0.3, -0.25) is 9.89 Å². The molecule has 7 heteroatoms. The third-order valence-electron chi connectivity index (χ3n) is 4.64. The minimum atomic E-state index is -0.00982. The zero-order chi connectivity index (χ0) is 17.8. The Morgan fingerprint density at radius 2 is 2.24 bits per heavy atom. The van der Waals surface area contributed by atoms with E-state index in [4.69, 9.17) is 4.74 Å². The van der Waals surface area contributed by atoms with Gasteiger partial charge in [-0.25, -0.2) is 4.98 Å². The Morgan fingerprint density at radius 1 is 1.40 bits per heavy atom. The number of hydrogen-bond acceptors (Lipinski definition) is 5. The van der Waals surface area contributed by atoms with E-state index in [2.05, 4.69) is 20.2 Å². The average molecular weight is 343 g/mol. The number of carbonyl (C=O) groups is 1. The van der Waals surface area contributed by atoms with Gasteiger partial charge in [0.15, 0.2) is 0 Å². The molecule has 0 radical (unpaired) electrons. The maximum atomic E-state index is 12.6. The Kier molecular flexibility index (Phi) is 5.31. The van der Waals surface area contributed by atoms with E-state index in [9.17, 15) is 4.79 Å². The van der Waals surface area contributed by atoms with Crippen molar-refractivity contribution in [1.82, 2.24) is 25.1 Å². The number of aromatic nitrogens is 4. The monoisotopic (exact) mass is 343 g/mol. The molecule has 1 aliphatic heterocycles. The fraction of sp³-hybridized carbons (Fsp3) is 0.556. The second kappa shape index (κ2) is 7.63. The number of piperidine rings is 1. The van der Waals surface area contributed by atoms with E-state index in [-0.39, 0.29) is 12.0 Å². The smallest absolute Gasteiger partial charge is 0.223 e. The number of nitrogens with one attached hydrogen (secondary N) is 1. The molecule has 3 heterocycles. The fourth-order valence-corrected chi connectivity index (χ4v) is 3.26. The molecule has 1 aliphatic rings. The first-order valence-corrected chi connectivity index (χ1v) is 8.77. The van der Waals surface area contributed by atoms with Crippen LogP contribution in [0.3, 0.4) is 0 Å². The van der Waals surface area contributed by atoms with Gasteiger partial charge in [-0.15, -0.1) is 0 Å². The number of carbonyl (C=O) groups excluding carboxylic acids is 1. The van der Waals surface area contributed by atoms with Gasteiger partial charge in [-0.05, 0) is 45.6 Å². The molecule has 0 spiro atoms. The number of nitrogens with zero attached hydrogens (tertiary/aromatic N) is 4. The zero-order valence-corrected chi connectivity index (χ0v) is 15.1. The predicted molar refractivity (Wildman–Crippen MR) is 93.4 cm³/mol. The highest BCUT2D eigenvalue weighted by atomic mass is 16.5. The van der Waals surface area contributed by atoms with E-state index in [1.54, 1.807) is 12.3 Å². The van der Waals surface area contributed by atoms with E-state index < -0.39 is 0 Å². The van der Waals surface area contributed by atoms with Crippen molar-refractivity contribution < 1.29 is 9.53 Å². The van der Waals surface area contributed by atoms with Crippen molar-refractivity contribution in [2.45, 2.75) is 52.6 Å². The van der Waals surface area contributed by atoms with Gasteiger partial charge in [0.25, 0.3) is 0 Å². The van der Waals surface area contributed by atoms with Crippen LogP contribution in [0.5, 0.6) is 5.88 Å². The summed E-state index contributed by atoms with van der Waals surface area (Å²) in [6.45, 7) is 7.21. The Bertz CT molecular complexity index is 723. The maximum Gasteiger partial charge on any atom is 0.223 e. The van der Waals surface area contributed by atoms with Crippen LogP contribution in [0.1, 0.15) is 42.0 Å². The minimum absolute atomic E-state index is 0.00982. The lowest BCUT2D eigenvalue weighted by Gasteiger charge is -2.32. The Balaban J connectivity index is 1.54. The number of H-pyrrole nitrogens is 1. The van der Waals surface area contributed by atoms with Crippen molar-refractivity contribution in [2.75, 3.05) is 13.1 Å². The number of aromatic amines is 1. The lowest BCUT2D eigenvalue weighted by molar-refractivity contribution is -0.133. The van der Waals surface area contributed by atoms with Crippen LogP contribution in [0, 0.1) is 20.8 Å².